The van der Waals surface area contributed by atoms with E-state index in [9.17, 15) is 13.6 Å². The first-order valence-corrected chi connectivity index (χ1v) is 13.0. The molecule has 1 amide bonds. The monoisotopic (exact) mass is 564 g/mol. The van der Waals surface area contributed by atoms with Crippen LogP contribution < -0.4 is 25.6 Å². The molecule has 3 N–H and O–H groups in total. The van der Waals surface area contributed by atoms with E-state index in [0.717, 1.165) is 22.5 Å². The van der Waals surface area contributed by atoms with Crippen molar-refractivity contribution in [1.29, 1.82) is 0 Å². The molecule has 10 nitrogen and oxygen atoms in total. The molecule has 0 unspecified atom stereocenters. The summed E-state index contributed by atoms with van der Waals surface area (Å²) in [6, 6.07) is 10.5. The van der Waals surface area contributed by atoms with Crippen LogP contribution in [0, 0.1) is 0 Å². The molecule has 0 aliphatic heterocycles. The maximum absolute atomic E-state index is 13.5. The molecule has 0 bridgehead atoms. The number of aromatic nitrogens is 4. The molecular formula is C29H34F2N8O2. The molecule has 0 radical (unpaired) electrons. The van der Waals surface area contributed by atoms with Gasteiger partial charge in [0.2, 0.25) is 5.91 Å². The van der Waals surface area contributed by atoms with E-state index < -0.39 is 12.5 Å². The summed E-state index contributed by atoms with van der Waals surface area (Å²) in [7, 11) is 3.67. The van der Waals surface area contributed by atoms with Crippen LogP contribution in [-0.2, 0) is 11.8 Å². The molecule has 12 heteroatoms. The molecule has 4 aromatic rings. The van der Waals surface area contributed by atoms with Gasteiger partial charge in [-0.2, -0.15) is 13.9 Å². The number of rotatable bonds is 11. The number of likely N-dealkylation sites (N-methyl/N-ethyl adjacent to an activating group) is 1. The van der Waals surface area contributed by atoms with Gasteiger partial charge in [-0.05, 0) is 45.0 Å². The first-order valence-electron chi connectivity index (χ1n) is 13.0. The minimum atomic E-state index is -3.07. The lowest BCUT2D eigenvalue weighted by atomic mass is 10.1. The highest BCUT2D eigenvalue weighted by Crippen LogP contribution is 2.39. The zero-order chi connectivity index (χ0) is 29.7. The number of amides is 1. The van der Waals surface area contributed by atoms with Crippen LogP contribution in [0.15, 0.2) is 61.6 Å². The van der Waals surface area contributed by atoms with Crippen LogP contribution in [0.1, 0.15) is 20.8 Å². The Labute approximate surface area is 237 Å². The zero-order valence-electron chi connectivity index (χ0n) is 23.7. The third-order valence-electron chi connectivity index (χ3n) is 6.24. The number of ether oxygens (including phenoxy) is 1. The van der Waals surface area contributed by atoms with Crippen molar-refractivity contribution in [1.82, 2.24) is 25.1 Å². The largest absolute Gasteiger partial charge is 0.433 e. The van der Waals surface area contributed by atoms with Crippen molar-refractivity contribution in [2.24, 2.45) is 7.05 Å². The predicted molar refractivity (Wildman–Crippen MR) is 158 cm³/mol. The van der Waals surface area contributed by atoms with E-state index >= 15 is 0 Å². The predicted octanol–water partition coefficient (Wildman–Crippen LogP) is 5.32. The van der Waals surface area contributed by atoms with Crippen LogP contribution in [0.25, 0.3) is 22.2 Å². The highest BCUT2D eigenvalue weighted by Gasteiger charge is 2.19. The number of carbonyl (C=O) groups is 1. The van der Waals surface area contributed by atoms with Gasteiger partial charge in [-0.15, -0.1) is 0 Å². The van der Waals surface area contributed by atoms with E-state index in [1.165, 1.54) is 18.5 Å². The van der Waals surface area contributed by atoms with Crippen molar-refractivity contribution in [2.45, 2.75) is 32.9 Å². The van der Waals surface area contributed by atoms with Crippen molar-refractivity contribution in [2.75, 3.05) is 35.7 Å². The number of benzene rings is 2. The lowest BCUT2D eigenvalue weighted by Gasteiger charge is -2.27. The molecule has 0 atom stereocenters. The van der Waals surface area contributed by atoms with E-state index in [4.69, 9.17) is 4.74 Å². The Balaban J connectivity index is 1.69. The van der Waals surface area contributed by atoms with Crippen molar-refractivity contribution in [3.05, 3.63) is 61.6 Å². The number of hydrogen-bond acceptors (Lipinski definition) is 8. The summed E-state index contributed by atoms with van der Waals surface area (Å²) in [4.78, 5) is 22.8. The Morgan fingerprint density at radius 3 is 2.66 bits per heavy atom. The zero-order valence-corrected chi connectivity index (χ0v) is 23.7. The lowest BCUT2D eigenvalue weighted by Crippen LogP contribution is -2.40. The third-order valence-corrected chi connectivity index (χ3v) is 6.24. The number of fused-ring (bicyclic) bond motifs is 1. The molecule has 41 heavy (non-hydrogen) atoms. The van der Waals surface area contributed by atoms with E-state index in [2.05, 4.69) is 37.6 Å². The van der Waals surface area contributed by atoms with Gasteiger partial charge in [-0.3, -0.25) is 9.48 Å². The highest BCUT2D eigenvalue weighted by atomic mass is 19.3. The maximum atomic E-state index is 13.5. The standard InChI is InChI=1S/C29H34F2N8O2/c1-7-27(40)37-21-13-22(25(41-28(30)31)15-24(21)38(5)11-10-34-29(2,3)4)36-26-14-20(32-17-33-26)18-8-9-23-19(12-18)16-35-39(23)6/h7-9,12-17,28,34H,1,10-11H2,2-6H3,(H,37,40)(H,32,33,36). The molecule has 0 spiro atoms. The summed E-state index contributed by atoms with van der Waals surface area (Å²) >= 11 is 0. The fraction of sp³-hybridized carbons (Fsp3) is 0.310. The molecular weight excluding hydrogens is 530 g/mol. The third kappa shape index (κ3) is 7.54. The van der Waals surface area contributed by atoms with Crippen LogP contribution in [0.3, 0.4) is 0 Å². The quantitative estimate of drug-likeness (QED) is 0.210. The molecule has 0 fully saturated rings. The van der Waals surface area contributed by atoms with Gasteiger partial charge >= 0.3 is 6.61 Å². The van der Waals surface area contributed by atoms with E-state index in [1.54, 1.807) is 24.0 Å². The van der Waals surface area contributed by atoms with Crippen molar-refractivity contribution in [3.63, 3.8) is 0 Å². The Hall–Kier alpha value is -4.58. The average Bonchev–Trinajstić information content (AvgIpc) is 3.28. The first kappa shape index (κ1) is 29.4. The normalized spacial score (nSPS) is 11.5. The van der Waals surface area contributed by atoms with E-state index in [-0.39, 0.29) is 17.0 Å². The number of carbonyl (C=O) groups excluding carboxylic acids is 1. The summed E-state index contributed by atoms with van der Waals surface area (Å²) in [5, 5.41) is 14.4. The number of nitrogens with zero attached hydrogens (tertiary/aromatic N) is 5. The van der Waals surface area contributed by atoms with Crippen LogP contribution in [-0.4, -0.2) is 57.9 Å². The highest BCUT2D eigenvalue weighted by molar-refractivity contribution is 6.02. The van der Waals surface area contributed by atoms with E-state index in [0.29, 0.717) is 36.0 Å². The Morgan fingerprint density at radius 2 is 1.95 bits per heavy atom. The van der Waals surface area contributed by atoms with E-state index in [1.807, 2.05) is 50.9 Å². The average molecular weight is 565 g/mol. The fourth-order valence-corrected chi connectivity index (χ4v) is 4.22. The molecule has 0 aliphatic carbocycles. The number of hydrogen-bond donors (Lipinski definition) is 3. The molecule has 2 aromatic heterocycles. The van der Waals surface area contributed by atoms with Gasteiger partial charge in [-0.25, -0.2) is 9.97 Å². The molecule has 0 saturated heterocycles. The number of alkyl halides is 2. The Morgan fingerprint density at radius 1 is 1.17 bits per heavy atom. The van der Waals surface area contributed by atoms with Crippen molar-refractivity contribution >= 4 is 39.7 Å². The molecule has 4 rings (SSSR count). The van der Waals surface area contributed by atoms with Gasteiger partial charge in [0.15, 0.2) is 5.75 Å². The summed E-state index contributed by atoms with van der Waals surface area (Å²) < 4.78 is 33.7. The molecule has 2 heterocycles. The first-order chi connectivity index (χ1) is 19.4. The van der Waals surface area contributed by atoms with Gasteiger partial charge in [0.1, 0.15) is 12.1 Å². The van der Waals surface area contributed by atoms with Gasteiger partial charge in [-0.1, -0.05) is 12.6 Å². The molecule has 216 valence electrons. The van der Waals surface area contributed by atoms with Crippen molar-refractivity contribution < 1.29 is 18.3 Å². The Kier molecular flexibility index (Phi) is 8.82. The van der Waals surface area contributed by atoms with Crippen molar-refractivity contribution in [3.8, 4) is 17.0 Å². The fourth-order valence-electron chi connectivity index (χ4n) is 4.22. The number of anilines is 4. The summed E-state index contributed by atoms with van der Waals surface area (Å²) in [6.07, 6.45) is 4.28. The summed E-state index contributed by atoms with van der Waals surface area (Å²) in [5.74, 6) is -0.216. The number of aryl methyl sites for hydroxylation is 1. The topological polar surface area (TPSA) is 109 Å². The van der Waals surface area contributed by atoms with Gasteiger partial charge in [0, 0.05) is 55.8 Å². The second-order valence-electron chi connectivity index (χ2n) is 10.5. The minimum absolute atomic E-state index is 0.0986. The molecule has 0 aliphatic rings. The SMILES string of the molecule is C=CC(=O)Nc1cc(Nc2cc(-c3ccc4c(cnn4C)c3)ncn2)c(OC(F)F)cc1N(C)CCNC(C)(C)C. The minimum Gasteiger partial charge on any atom is -0.433 e. The van der Waals surface area contributed by atoms with Gasteiger partial charge in [0.25, 0.3) is 0 Å². The smallest absolute Gasteiger partial charge is 0.387 e. The Bertz CT molecular complexity index is 1550. The molecule has 0 saturated carbocycles. The second-order valence-corrected chi connectivity index (χ2v) is 10.5. The number of nitrogens with one attached hydrogen (secondary N) is 3. The van der Waals surface area contributed by atoms with Crippen LogP contribution in [0.2, 0.25) is 0 Å². The molecule has 2 aromatic carbocycles. The van der Waals surface area contributed by atoms with Gasteiger partial charge < -0.3 is 25.6 Å². The lowest BCUT2D eigenvalue weighted by molar-refractivity contribution is -0.111. The summed E-state index contributed by atoms with van der Waals surface area (Å²) in [6.45, 7) is 7.74. The van der Waals surface area contributed by atoms with Crippen LogP contribution in [0.4, 0.5) is 31.7 Å². The van der Waals surface area contributed by atoms with Crippen LogP contribution >= 0.6 is 0 Å². The number of halogens is 2. The maximum Gasteiger partial charge on any atom is 0.387 e. The van der Waals surface area contributed by atoms with Gasteiger partial charge in [0.05, 0.1) is 34.5 Å². The summed E-state index contributed by atoms with van der Waals surface area (Å²) in [5.41, 5.74) is 3.38. The van der Waals surface area contributed by atoms with Crippen LogP contribution in [0.5, 0.6) is 5.75 Å². The second kappa shape index (κ2) is 12.3.